The Morgan fingerprint density at radius 2 is 1.92 bits per heavy atom. The summed E-state index contributed by atoms with van der Waals surface area (Å²) in [6, 6.07) is 14.9. The average Bonchev–Trinajstić information content (AvgIpc) is 3.16. The second kappa shape index (κ2) is 6.33. The van der Waals surface area contributed by atoms with E-state index in [1.54, 1.807) is 23.6 Å². The fourth-order valence-corrected chi connectivity index (χ4v) is 3.08. The molecule has 1 atom stereocenters. The molecule has 120 valence electrons. The molecule has 1 N–H and O–H groups in total. The van der Waals surface area contributed by atoms with Gasteiger partial charge in [-0.1, -0.05) is 12.1 Å². The SMILES string of the molecule is O=C(Nc1ccc(-c2nccs2)cc1)C1COc2ccccc2O1. The minimum Gasteiger partial charge on any atom is -0.485 e. The molecule has 0 saturated carbocycles. The molecular weight excluding hydrogens is 324 g/mol. The maximum atomic E-state index is 12.4. The molecule has 1 unspecified atom stereocenters. The van der Waals surface area contributed by atoms with E-state index in [4.69, 9.17) is 9.47 Å². The number of hydrogen-bond acceptors (Lipinski definition) is 5. The zero-order valence-corrected chi connectivity index (χ0v) is 13.5. The molecule has 1 amide bonds. The van der Waals surface area contributed by atoms with Gasteiger partial charge in [-0.25, -0.2) is 4.98 Å². The minimum atomic E-state index is -0.668. The van der Waals surface area contributed by atoms with Crippen LogP contribution in [0.15, 0.2) is 60.1 Å². The Hall–Kier alpha value is -2.86. The van der Waals surface area contributed by atoms with E-state index in [9.17, 15) is 4.79 Å². The molecule has 0 fully saturated rings. The maximum Gasteiger partial charge on any atom is 0.269 e. The van der Waals surface area contributed by atoms with Crippen molar-refractivity contribution in [2.24, 2.45) is 0 Å². The highest BCUT2D eigenvalue weighted by Gasteiger charge is 2.27. The van der Waals surface area contributed by atoms with Gasteiger partial charge in [0.15, 0.2) is 11.5 Å². The van der Waals surface area contributed by atoms with E-state index in [1.165, 1.54) is 0 Å². The summed E-state index contributed by atoms with van der Waals surface area (Å²) in [7, 11) is 0. The summed E-state index contributed by atoms with van der Waals surface area (Å²) in [5.74, 6) is 1.02. The summed E-state index contributed by atoms with van der Waals surface area (Å²) < 4.78 is 11.3. The zero-order valence-electron chi connectivity index (χ0n) is 12.6. The standard InChI is InChI=1S/C18H14N2O3S/c21-17(16-11-22-14-3-1-2-4-15(14)23-16)20-13-7-5-12(6-8-13)18-19-9-10-24-18/h1-10,16H,11H2,(H,20,21). The Bertz CT molecular complexity index is 847. The number of hydrogen-bond donors (Lipinski definition) is 1. The van der Waals surface area contributed by atoms with Gasteiger partial charge in [-0.15, -0.1) is 11.3 Å². The van der Waals surface area contributed by atoms with Gasteiger partial charge in [0.1, 0.15) is 11.6 Å². The number of amides is 1. The highest BCUT2D eigenvalue weighted by molar-refractivity contribution is 7.13. The molecule has 3 aromatic rings. The van der Waals surface area contributed by atoms with Crippen molar-refractivity contribution in [3.8, 4) is 22.1 Å². The molecular formula is C18H14N2O3S. The van der Waals surface area contributed by atoms with Crippen LogP contribution in [0.3, 0.4) is 0 Å². The van der Waals surface area contributed by atoms with Crippen LogP contribution in [-0.4, -0.2) is 23.6 Å². The van der Waals surface area contributed by atoms with Crippen LogP contribution in [0.5, 0.6) is 11.5 Å². The molecule has 2 aromatic carbocycles. The molecule has 1 aromatic heterocycles. The molecule has 6 heteroatoms. The van der Waals surface area contributed by atoms with Crippen molar-refractivity contribution in [2.75, 3.05) is 11.9 Å². The van der Waals surface area contributed by atoms with Crippen LogP contribution >= 0.6 is 11.3 Å². The number of fused-ring (bicyclic) bond motifs is 1. The summed E-state index contributed by atoms with van der Waals surface area (Å²) in [4.78, 5) is 16.6. The molecule has 0 aliphatic carbocycles. The van der Waals surface area contributed by atoms with Gasteiger partial charge in [-0.2, -0.15) is 0 Å². The van der Waals surface area contributed by atoms with Gasteiger partial charge in [-0.05, 0) is 36.4 Å². The first-order valence-corrected chi connectivity index (χ1v) is 8.37. The predicted molar refractivity (Wildman–Crippen MR) is 92.5 cm³/mol. The number of ether oxygens (including phenoxy) is 2. The number of nitrogens with one attached hydrogen (secondary N) is 1. The number of nitrogens with zero attached hydrogens (tertiary/aromatic N) is 1. The van der Waals surface area contributed by atoms with Gasteiger partial charge < -0.3 is 14.8 Å². The highest BCUT2D eigenvalue weighted by atomic mass is 32.1. The first-order valence-electron chi connectivity index (χ1n) is 7.49. The first kappa shape index (κ1) is 14.7. The van der Waals surface area contributed by atoms with E-state index in [0.717, 1.165) is 10.6 Å². The van der Waals surface area contributed by atoms with Gasteiger partial charge in [0.25, 0.3) is 5.91 Å². The Balaban J connectivity index is 1.43. The van der Waals surface area contributed by atoms with Crippen molar-refractivity contribution in [2.45, 2.75) is 6.10 Å². The summed E-state index contributed by atoms with van der Waals surface area (Å²) in [6.07, 6.45) is 1.10. The number of carbonyl (C=O) groups is 1. The van der Waals surface area contributed by atoms with E-state index < -0.39 is 6.10 Å². The van der Waals surface area contributed by atoms with Gasteiger partial charge in [0.05, 0.1) is 0 Å². The van der Waals surface area contributed by atoms with Crippen LogP contribution in [0.25, 0.3) is 10.6 Å². The largest absolute Gasteiger partial charge is 0.485 e. The average molecular weight is 338 g/mol. The highest BCUT2D eigenvalue weighted by Crippen LogP contribution is 2.31. The molecule has 0 saturated heterocycles. The molecule has 0 bridgehead atoms. The van der Waals surface area contributed by atoms with Crippen molar-refractivity contribution < 1.29 is 14.3 Å². The van der Waals surface area contributed by atoms with Gasteiger partial charge in [-0.3, -0.25) is 4.79 Å². The maximum absolute atomic E-state index is 12.4. The topological polar surface area (TPSA) is 60.5 Å². The van der Waals surface area contributed by atoms with E-state index >= 15 is 0 Å². The van der Waals surface area contributed by atoms with Gasteiger partial charge in [0, 0.05) is 22.8 Å². The lowest BCUT2D eigenvalue weighted by molar-refractivity contribution is -0.125. The molecule has 1 aliphatic rings. The van der Waals surface area contributed by atoms with Crippen molar-refractivity contribution in [3.05, 3.63) is 60.1 Å². The van der Waals surface area contributed by atoms with E-state index in [1.807, 2.05) is 47.8 Å². The molecule has 0 radical (unpaired) electrons. The van der Waals surface area contributed by atoms with Crippen LogP contribution in [0.4, 0.5) is 5.69 Å². The first-order chi connectivity index (χ1) is 11.8. The van der Waals surface area contributed by atoms with Crippen molar-refractivity contribution >= 4 is 22.9 Å². The van der Waals surface area contributed by atoms with E-state index in [-0.39, 0.29) is 12.5 Å². The van der Waals surface area contributed by atoms with Crippen LogP contribution in [0.1, 0.15) is 0 Å². The fourth-order valence-electron chi connectivity index (χ4n) is 2.43. The molecule has 1 aliphatic heterocycles. The molecule has 5 nitrogen and oxygen atoms in total. The van der Waals surface area contributed by atoms with E-state index in [2.05, 4.69) is 10.3 Å². The quantitative estimate of drug-likeness (QED) is 0.793. The minimum absolute atomic E-state index is 0.194. The second-order valence-electron chi connectivity index (χ2n) is 5.27. The third kappa shape index (κ3) is 2.96. The second-order valence-corrected chi connectivity index (χ2v) is 6.16. The Morgan fingerprint density at radius 3 is 2.67 bits per heavy atom. The predicted octanol–water partition coefficient (Wildman–Crippen LogP) is 3.59. The summed E-state index contributed by atoms with van der Waals surface area (Å²) in [6.45, 7) is 0.194. The Morgan fingerprint density at radius 1 is 1.12 bits per heavy atom. The fraction of sp³-hybridized carbons (Fsp3) is 0.111. The number of benzene rings is 2. The number of rotatable bonds is 3. The van der Waals surface area contributed by atoms with Crippen molar-refractivity contribution in [3.63, 3.8) is 0 Å². The monoisotopic (exact) mass is 338 g/mol. The summed E-state index contributed by atoms with van der Waals surface area (Å²) in [5.41, 5.74) is 1.73. The molecule has 2 heterocycles. The van der Waals surface area contributed by atoms with E-state index in [0.29, 0.717) is 17.2 Å². The number of aromatic nitrogens is 1. The normalized spacial score (nSPS) is 15.8. The lowest BCUT2D eigenvalue weighted by Crippen LogP contribution is -2.40. The molecule has 0 spiro atoms. The summed E-state index contributed by atoms with van der Waals surface area (Å²) in [5, 5.41) is 5.74. The smallest absolute Gasteiger partial charge is 0.269 e. The zero-order chi connectivity index (χ0) is 16.4. The van der Waals surface area contributed by atoms with Crippen LogP contribution < -0.4 is 14.8 Å². The molecule has 24 heavy (non-hydrogen) atoms. The van der Waals surface area contributed by atoms with Crippen LogP contribution in [0.2, 0.25) is 0 Å². The molecule has 4 rings (SSSR count). The van der Waals surface area contributed by atoms with Crippen LogP contribution in [-0.2, 0) is 4.79 Å². The number of para-hydroxylation sites is 2. The number of carbonyl (C=O) groups excluding carboxylic acids is 1. The summed E-state index contributed by atoms with van der Waals surface area (Å²) >= 11 is 1.58. The number of thiazole rings is 1. The van der Waals surface area contributed by atoms with Gasteiger partial charge in [0.2, 0.25) is 6.10 Å². The Kier molecular flexibility index (Phi) is 3.88. The third-order valence-electron chi connectivity index (χ3n) is 3.63. The van der Waals surface area contributed by atoms with Gasteiger partial charge >= 0.3 is 0 Å². The van der Waals surface area contributed by atoms with Crippen molar-refractivity contribution in [1.29, 1.82) is 0 Å². The Labute approximate surface area is 142 Å². The third-order valence-corrected chi connectivity index (χ3v) is 4.45. The number of anilines is 1. The van der Waals surface area contributed by atoms with Crippen molar-refractivity contribution in [1.82, 2.24) is 4.98 Å². The lowest BCUT2D eigenvalue weighted by Gasteiger charge is -2.25. The lowest BCUT2D eigenvalue weighted by atomic mass is 10.2. The van der Waals surface area contributed by atoms with Crippen LogP contribution in [0, 0.1) is 0 Å².